The van der Waals surface area contributed by atoms with Crippen LogP contribution in [0.4, 0.5) is 5.69 Å². The van der Waals surface area contributed by atoms with Crippen LogP contribution < -0.4 is 10.1 Å². The molecule has 2 rings (SSSR count). The highest BCUT2D eigenvalue weighted by atomic mass is 32.1. The molecular formula is C18H22N2O3S. The van der Waals surface area contributed by atoms with Crippen molar-refractivity contribution in [3.63, 3.8) is 0 Å². The Hall–Kier alpha value is -2.34. The molecule has 2 aromatic rings. The third kappa shape index (κ3) is 4.83. The highest BCUT2D eigenvalue weighted by Crippen LogP contribution is 2.25. The van der Waals surface area contributed by atoms with E-state index in [1.54, 1.807) is 18.2 Å². The van der Waals surface area contributed by atoms with Gasteiger partial charge < -0.3 is 14.8 Å². The van der Waals surface area contributed by atoms with E-state index >= 15 is 0 Å². The standard InChI is InChI=1S/C18H22N2O3S/c1-3-4-5-10-23-15-9-8-13(12-14(15)18(21)22-2)20-17(19)16-7-6-11-24-16/h6-9,11-12H,3-5,10H2,1-2H3,(H2,19,20). The van der Waals surface area contributed by atoms with Gasteiger partial charge in [-0.05, 0) is 36.1 Å². The van der Waals surface area contributed by atoms with Crippen LogP contribution in [0.1, 0.15) is 41.4 Å². The van der Waals surface area contributed by atoms with E-state index in [-0.39, 0.29) is 5.84 Å². The van der Waals surface area contributed by atoms with Crippen LogP contribution in [-0.2, 0) is 4.74 Å². The van der Waals surface area contributed by atoms with E-state index in [4.69, 9.17) is 14.9 Å². The lowest BCUT2D eigenvalue weighted by Crippen LogP contribution is -2.12. The number of benzene rings is 1. The normalized spacial score (nSPS) is 10.2. The number of esters is 1. The summed E-state index contributed by atoms with van der Waals surface area (Å²) < 4.78 is 10.6. The predicted octanol–water partition coefficient (Wildman–Crippen LogP) is 4.54. The number of hydrogen-bond acceptors (Lipinski definition) is 5. The Labute approximate surface area is 146 Å². The van der Waals surface area contributed by atoms with E-state index in [2.05, 4.69) is 12.2 Å². The first-order valence-electron chi connectivity index (χ1n) is 7.90. The first-order chi connectivity index (χ1) is 11.7. The Balaban J connectivity index is 2.13. The lowest BCUT2D eigenvalue weighted by atomic mass is 10.1. The van der Waals surface area contributed by atoms with Crippen LogP contribution in [0.25, 0.3) is 0 Å². The average molecular weight is 346 g/mol. The lowest BCUT2D eigenvalue weighted by Gasteiger charge is -2.13. The molecule has 0 bridgehead atoms. The van der Waals surface area contributed by atoms with Crippen molar-refractivity contribution < 1.29 is 14.3 Å². The predicted molar refractivity (Wildman–Crippen MR) is 97.6 cm³/mol. The molecule has 0 fully saturated rings. The maximum atomic E-state index is 12.0. The molecule has 0 spiro atoms. The maximum absolute atomic E-state index is 12.0. The Bertz CT molecular complexity index is 684. The average Bonchev–Trinajstić information content (AvgIpc) is 3.13. The zero-order valence-electron chi connectivity index (χ0n) is 13.9. The number of hydrogen-bond donors (Lipinski definition) is 2. The number of carbonyl (C=O) groups excluding carboxylic acids is 1. The molecule has 0 atom stereocenters. The Morgan fingerprint density at radius 2 is 2.12 bits per heavy atom. The summed E-state index contributed by atoms with van der Waals surface area (Å²) in [5, 5.41) is 13.0. The second kappa shape index (κ2) is 9.08. The van der Waals surface area contributed by atoms with Gasteiger partial charge in [-0.25, -0.2) is 4.79 Å². The number of ether oxygens (including phenoxy) is 2. The fraction of sp³-hybridized carbons (Fsp3) is 0.333. The van der Waals surface area contributed by atoms with Crippen molar-refractivity contribution >= 4 is 28.8 Å². The van der Waals surface area contributed by atoms with Crippen molar-refractivity contribution in [3.05, 3.63) is 46.2 Å². The quantitative estimate of drug-likeness (QED) is 0.318. The largest absolute Gasteiger partial charge is 0.493 e. The van der Waals surface area contributed by atoms with Crippen LogP contribution in [0.15, 0.2) is 35.7 Å². The minimum absolute atomic E-state index is 0.289. The fourth-order valence-electron chi connectivity index (χ4n) is 2.16. The summed E-state index contributed by atoms with van der Waals surface area (Å²) in [5.74, 6) is 0.343. The molecule has 0 aliphatic rings. The maximum Gasteiger partial charge on any atom is 0.341 e. The van der Waals surface area contributed by atoms with Gasteiger partial charge in [0, 0.05) is 5.69 Å². The van der Waals surface area contributed by atoms with Crippen LogP contribution in [0.5, 0.6) is 5.75 Å². The summed E-state index contributed by atoms with van der Waals surface area (Å²) >= 11 is 1.48. The molecule has 1 aromatic carbocycles. The first kappa shape index (κ1) is 18.0. The van der Waals surface area contributed by atoms with E-state index in [0.29, 0.717) is 23.6 Å². The molecule has 5 nitrogen and oxygen atoms in total. The number of anilines is 1. The van der Waals surface area contributed by atoms with Gasteiger partial charge in [0.05, 0.1) is 18.6 Å². The summed E-state index contributed by atoms with van der Waals surface area (Å²) in [4.78, 5) is 12.8. The summed E-state index contributed by atoms with van der Waals surface area (Å²) in [5.41, 5.74) is 1.01. The van der Waals surface area contributed by atoms with Crippen molar-refractivity contribution in [2.75, 3.05) is 19.0 Å². The van der Waals surface area contributed by atoms with Gasteiger partial charge in [0.2, 0.25) is 0 Å². The first-order valence-corrected chi connectivity index (χ1v) is 8.78. The second-order valence-corrected chi connectivity index (χ2v) is 6.18. The lowest BCUT2D eigenvalue weighted by molar-refractivity contribution is 0.0596. The van der Waals surface area contributed by atoms with Gasteiger partial charge in [-0.3, -0.25) is 5.41 Å². The van der Waals surface area contributed by atoms with Gasteiger partial charge in [0.1, 0.15) is 17.1 Å². The smallest absolute Gasteiger partial charge is 0.341 e. The van der Waals surface area contributed by atoms with E-state index in [1.165, 1.54) is 18.4 Å². The molecule has 6 heteroatoms. The molecule has 0 amide bonds. The molecule has 128 valence electrons. The van der Waals surface area contributed by atoms with Crippen molar-refractivity contribution in [3.8, 4) is 5.75 Å². The molecule has 0 aliphatic heterocycles. The van der Waals surface area contributed by atoms with Crippen LogP contribution in [-0.4, -0.2) is 25.5 Å². The number of thiophene rings is 1. The zero-order chi connectivity index (χ0) is 17.4. The molecular weight excluding hydrogens is 324 g/mol. The van der Waals surface area contributed by atoms with Gasteiger partial charge in [-0.15, -0.1) is 11.3 Å². The van der Waals surface area contributed by atoms with Crippen molar-refractivity contribution in [2.45, 2.75) is 26.2 Å². The van der Waals surface area contributed by atoms with E-state index in [9.17, 15) is 4.79 Å². The van der Waals surface area contributed by atoms with E-state index in [1.807, 2.05) is 17.5 Å². The Kier molecular flexibility index (Phi) is 6.81. The minimum Gasteiger partial charge on any atom is -0.493 e. The van der Waals surface area contributed by atoms with Gasteiger partial charge in [-0.1, -0.05) is 25.8 Å². The number of unbranched alkanes of at least 4 members (excludes halogenated alkanes) is 2. The van der Waals surface area contributed by atoms with Crippen LogP contribution in [0.3, 0.4) is 0 Å². The highest BCUT2D eigenvalue weighted by molar-refractivity contribution is 7.12. The Morgan fingerprint density at radius 3 is 2.79 bits per heavy atom. The van der Waals surface area contributed by atoms with Gasteiger partial charge in [0.25, 0.3) is 0 Å². The molecule has 1 aromatic heterocycles. The molecule has 0 aliphatic carbocycles. The Morgan fingerprint density at radius 1 is 1.29 bits per heavy atom. The van der Waals surface area contributed by atoms with Crippen molar-refractivity contribution in [1.82, 2.24) is 0 Å². The third-order valence-electron chi connectivity index (χ3n) is 3.43. The third-order valence-corrected chi connectivity index (χ3v) is 4.31. The van der Waals surface area contributed by atoms with Gasteiger partial charge in [0.15, 0.2) is 0 Å². The summed E-state index contributed by atoms with van der Waals surface area (Å²) in [6, 6.07) is 8.95. The number of amidine groups is 1. The monoisotopic (exact) mass is 346 g/mol. The van der Waals surface area contributed by atoms with E-state index in [0.717, 1.165) is 24.1 Å². The fourth-order valence-corrected chi connectivity index (χ4v) is 2.79. The summed E-state index contributed by atoms with van der Waals surface area (Å²) in [6.45, 7) is 2.69. The van der Waals surface area contributed by atoms with Crippen molar-refractivity contribution in [1.29, 1.82) is 5.41 Å². The number of carbonyl (C=O) groups is 1. The number of nitrogens with one attached hydrogen (secondary N) is 2. The van der Waals surface area contributed by atoms with E-state index < -0.39 is 5.97 Å². The zero-order valence-corrected chi connectivity index (χ0v) is 14.7. The highest BCUT2D eigenvalue weighted by Gasteiger charge is 2.15. The summed E-state index contributed by atoms with van der Waals surface area (Å²) in [7, 11) is 1.34. The molecule has 0 unspecified atom stereocenters. The van der Waals surface area contributed by atoms with Crippen LogP contribution >= 0.6 is 11.3 Å². The summed E-state index contributed by atoms with van der Waals surface area (Å²) in [6.07, 6.45) is 3.15. The molecule has 24 heavy (non-hydrogen) atoms. The molecule has 0 saturated carbocycles. The second-order valence-electron chi connectivity index (χ2n) is 5.24. The number of rotatable bonds is 8. The topological polar surface area (TPSA) is 71.4 Å². The van der Waals surface area contributed by atoms with Crippen molar-refractivity contribution in [2.24, 2.45) is 0 Å². The molecule has 0 radical (unpaired) electrons. The van der Waals surface area contributed by atoms with Gasteiger partial charge >= 0.3 is 5.97 Å². The molecule has 1 heterocycles. The van der Waals surface area contributed by atoms with Gasteiger partial charge in [-0.2, -0.15) is 0 Å². The minimum atomic E-state index is -0.452. The molecule has 0 saturated heterocycles. The number of methoxy groups -OCH3 is 1. The van der Waals surface area contributed by atoms with Crippen LogP contribution in [0.2, 0.25) is 0 Å². The SMILES string of the molecule is CCCCCOc1ccc(NC(=N)c2cccs2)cc1C(=O)OC. The molecule has 2 N–H and O–H groups in total. The van der Waals surface area contributed by atoms with Crippen LogP contribution in [0, 0.1) is 5.41 Å².